The van der Waals surface area contributed by atoms with Crippen LogP contribution in [0.2, 0.25) is 0 Å². The fourth-order valence-corrected chi connectivity index (χ4v) is 3.66. The lowest BCUT2D eigenvalue weighted by Gasteiger charge is -2.28. The Labute approximate surface area is 186 Å². The molecule has 2 aromatic carbocycles. The molecule has 31 heavy (non-hydrogen) atoms. The largest absolute Gasteiger partial charge is 0.399 e. The van der Waals surface area contributed by atoms with Crippen LogP contribution in [0.1, 0.15) is 63.3 Å². The standard InChI is InChI=1S/C12H13FN2O.C12H17N.C2H6/c1-3-12(8(2)14-11(16)15-12)9-4-6-10(13)7-5-9;1-5-10-9(4)12(13)7-6-11(10)8(2)3;1-2/h4-7H,2-3H2,1H3,(H2,14,15,16);6-7H,2,5,13H2,1,3-4H3;1-2H3. The van der Waals surface area contributed by atoms with Crippen LogP contribution < -0.4 is 16.4 Å². The van der Waals surface area contributed by atoms with Crippen molar-refractivity contribution in [3.8, 4) is 0 Å². The van der Waals surface area contributed by atoms with E-state index < -0.39 is 5.54 Å². The van der Waals surface area contributed by atoms with Gasteiger partial charge in [-0.3, -0.25) is 0 Å². The molecule has 1 atom stereocenters. The summed E-state index contributed by atoms with van der Waals surface area (Å²) < 4.78 is 12.9. The van der Waals surface area contributed by atoms with E-state index in [0.29, 0.717) is 12.1 Å². The minimum atomic E-state index is -0.620. The first-order valence-electron chi connectivity index (χ1n) is 10.7. The minimum absolute atomic E-state index is 0.267. The van der Waals surface area contributed by atoms with Gasteiger partial charge in [0.1, 0.15) is 11.4 Å². The average Bonchev–Trinajstić information content (AvgIpc) is 3.06. The van der Waals surface area contributed by atoms with Crippen molar-refractivity contribution in [3.63, 3.8) is 0 Å². The van der Waals surface area contributed by atoms with E-state index in [1.807, 2.05) is 33.8 Å². The minimum Gasteiger partial charge on any atom is -0.399 e. The molecule has 0 spiro atoms. The Bertz CT molecular complexity index is 934. The lowest BCUT2D eigenvalue weighted by atomic mass is 9.86. The summed E-state index contributed by atoms with van der Waals surface area (Å²) in [6, 6.07) is 9.84. The number of urea groups is 1. The van der Waals surface area contributed by atoms with Crippen LogP contribution in [0.25, 0.3) is 5.57 Å². The fraction of sp³-hybridized carbons (Fsp3) is 0.346. The summed E-state index contributed by atoms with van der Waals surface area (Å²) in [7, 11) is 0. The van der Waals surface area contributed by atoms with Gasteiger partial charge in [-0.25, -0.2) is 9.18 Å². The highest BCUT2D eigenvalue weighted by Crippen LogP contribution is 2.33. The van der Waals surface area contributed by atoms with Gasteiger partial charge in [0.05, 0.1) is 0 Å². The molecule has 2 amide bonds. The molecule has 0 saturated carbocycles. The number of halogens is 1. The quantitative estimate of drug-likeness (QED) is 0.492. The molecule has 3 rings (SSSR count). The Morgan fingerprint density at radius 1 is 1.13 bits per heavy atom. The maximum atomic E-state index is 12.9. The molecule has 1 unspecified atom stereocenters. The predicted octanol–water partition coefficient (Wildman–Crippen LogP) is 6.46. The third-order valence-corrected chi connectivity index (χ3v) is 5.43. The molecule has 168 valence electrons. The van der Waals surface area contributed by atoms with Crippen molar-refractivity contribution in [2.24, 2.45) is 0 Å². The van der Waals surface area contributed by atoms with Crippen molar-refractivity contribution in [1.29, 1.82) is 0 Å². The number of carbonyl (C=O) groups excluding carboxylic acids is 1. The van der Waals surface area contributed by atoms with Crippen LogP contribution in [0.15, 0.2) is 55.3 Å². The summed E-state index contributed by atoms with van der Waals surface area (Å²) >= 11 is 0. The van der Waals surface area contributed by atoms with Crippen LogP contribution in [0.4, 0.5) is 14.9 Å². The molecule has 1 heterocycles. The zero-order valence-corrected chi connectivity index (χ0v) is 19.7. The zero-order valence-electron chi connectivity index (χ0n) is 19.7. The van der Waals surface area contributed by atoms with E-state index in [1.165, 1.54) is 28.8 Å². The van der Waals surface area contributed by atoms with Crippen molar-refractivity contribution >= 4 is 17.3 Å². The highest BCUT2D eigenvalue weighted by Gasteiger charge is 2.41. The molecule has 1 aliphatic rings. The third-order valence-electron chi connectivity index (χ3n) is 5.43. The second-order valence-electron chi connectivity index (χ2n) is 7.26. The lowest BCUT2D eigenvalue weighted by Crippen LogP contribution is -2.38. The molecule has 2 aromatic rings. The van der Waals surface area contributed by atoms with E-state index >= 15 is 0 Å². The molecule has 4 nitrogen and oxygen atoms in total. The summed E-state index contributed by atoms with van der Waals surface area (Å²) in [5.41, 5.74) is 12.4. The molecule has 1 fully saturated rings. The molecule has 0 radical (unpaired) electrons. The summed E-state index contributed by atoms with van der Waals surface area (Å²) in [5, 5.41) is 5.46. The smallest absolute Gasteiger partial charge is 0.320 e. The predicted molar refractivity (Wildman–Crippen MR) is 130 cm³/mol. The number of nitrogen functional groups attached to an aromatic ring is 1. The Kier molecular flexibility index (Phi) is 9.50. The molecule has 1 aliphatic heterocycles. The first kappa shape index (κ1) is 26.0. The Morgan fingerprint density at radius 3 is 2.13 bits per heavy atom. The second kappa shape index (κ2) is 11.3. The average molecular weight is 426 g/mol. The van der Waals surface area contributed by atoms with Crippen LogP contribution in [-0.4, -0.2) is 6.03 Å². The van der Waals surface area contributed by atoms with Gasteiger partial charge in [-0.05, 0) is 67.1 Å². The van der Waals surface area contributed by atoms with Gasteiger partial charge in [-0.15, -0.1) is 0 Å². The van der Waals surface area contributed by atoms with Crippen LogP contribution in [0.3, 0.4) is 0 Å². The summed E-state index contributed by atoms with van der Waals surface area (Å²) in [4.78, 5) is 11.3. The van der Waals surface area contributed by atoms with Crippen LogP contribution in [0.5, 0.6) is 0 Å². The lowest BCUT2D eigenvalue weighted by molar-refractivity contribution is 0.244. The van der Waals surface area contributed by atoms with E-state index in [9.17, 15) is 9.18 Å². The van der Waals surface area contributed by atoms with Gasteiger partial charge in [0, 0.05) is 11.4 Å². The van der Waals surface area contributed by atoms with Gasteiger partial charge in [0.2, 0.25) is 0 Å². The molecule has 1 saturated heterocycles. The van der Waals surface area contributed by atoms with Crippen LogP contribution in [0, 0.1) is 12.7 Å². The molecule has 5 heteroatoms. The number of hydrogen-bond donors (Lipinski definition) is 3. The number of nitrogens with one attached hydrogen (secondary N) is 2. The summed E-state index contributed by atoms with van der Waals surface area (Å²) in [5.74, 6) is -0.294. The van der Waals surface area contributed by atoms with E-state index in [1.54, 1.807) is 12.1 Å². The van der Waals surface area contributed by atoms with Crippen LogP contribution >= 0.6 is 0 Å². The molecule has 4 N–H and O–H groups in total. The Balaban J connectivity index is 0.000000293. The van der Waals surface area contributed by atoms with Crippen molar-refractivity contribution in [3.05, 3.63) is 83.3 Å². The first-order chi connectivity index (χ1) is 14.7. The third kappa shape index (κ3) is 5.75. The van der Waals surface area contributed by atoms with E-state index in [0.717, 1.165) is 23.2 Å². The number of nitrogens with two attached hydrogens (primary N) is 1. The number of hydrogen-bond acceptors (Lipinski definition) is 2. The maximum Gasteiger partial charge on any atom is 0.320 e. The summed E-state index contributed by atoms with van der Waals surface area (Å²) in [6.07, 6.45) is 1.68. The highest BCUT2D eigenvalue weighted by atomic mass is 19.1. The maximum absolute atomic E-state index is 12.9. The molecular weight excluding hydrogens is 389 g/mol. The normalized spacial score (nSPS) is 16.9. The van der Waals surface area contributed by atoms with Crippen molar-refractivity contribution in [2.45, 2.75) is 59.9 Å². The van der Waals surface area contributed by atoms with Crippen molar-refractivity contribution < 1.29 is 9.18 Å². The van der Waals surface area contributed by atoms with Crippen molar-refractivity contribution in [1.82, 2.24) is 10.6 Å². The zero-order chi connectivity index (χ0) is 23.8. The van der Waals surface area contributed by atoms with E-state index in [4.69, 9.17) is 5.73 Å². The number of amides is 2. The number of rotatable bonds is 4. The number of allylic oxidation sites excluding steroid dienone is 1. The first-order valence-corrected chi connectivity index (χ1v) is 10.7. The van der Waals surface area contributed by atoms with E-state index in [2.05, 4.69) is 43.7 Å². The Morgan fingerprint density at radius 2 is 1.71 bits per heavy atom. The van der Waals surface area contributed by atoms with Gasteiger partial charge < -0.3 is 16.4 Å². The van der Waals surface area contributed by atoms with Gasteiger partial charge in [-0.1, -0.05) is 64.6 Å². The van der Waals surface area contributed by atoms with Gasteiger partial charge in [0.15, 0.2) is 0 Å². The van der Waals surface area contributed by atoms with Gasteiger partial charge >= 0.3 is 6.03 Å². The van der Waals surface area contributed by atoms with Gasteiger partial charge in [0.25, 0.3) is 0 Å². The number of benzene rings is 2. The SMILES string of the molecule is C=C(C)c1ccc(N)c(C)c1CC.C=C1NC(=O)NC1(CC)c1ccc(F)cc1.CC. The van der Waals surface area contributed by atoms with Crippen molar-refractivity contribution in [2.75, 3.05) is 5.73 Å². The Hall–Kier alpha value is -3.08. The topological polar surface area (TPSA) is 67.1 Å². The second-order valence-corrected chi connectivity index (χ2v) is 7.26. The molecule has 0 aromatic heterocycles. The monoisotopic (exact) mass is 425 g/mol. The molecule has 0 aliphatic carbocycles. The fourth-order valence-electron chi connectivity index (χ4n) is 3.66. The van der Waals surface area contributed by atoms with Gasteiger partial charge in [-0.2, -0.15) is 0 Å². The summed E-state index contributed by atoms with van der Waals surface area (Å²) in [6.45, 7) is 20.0. The van der Waals surface area contributed by atoms with Crippen LogP contribution in [-0.2, 0) is 12.0 Å². The number of anilines is 1. The number of carbonyl (C=O) groups is 1. The molecular formula is C26H36FN3O. The highest BCUT2D eigenvalue weighted by molar-refractivity contribution is 5.82. The molecule has 0 bridgehead atoms. The van der Waals surface area contributed by atoms with E-state index in [-0.39, 0.29) is 11.8 Å².